The molecule has 2 aliphatic heterocycles. The first-order valence-electron chi connectivity index (χ1n) is 7.81. The van der Waals surface area contributed by atoms with Gasteiger partial charge in [-0.3, -0.25) is 4.79 Å². The lowest BCUT2D eigenvalue weighted by Crippen LogP contribution is -2.40. The fourth-order valence-corrected chi connectivity index (χ4v) is 3.73. The summed E-state index contributed by atoms with van der Waals surface area (Å²) in [5.41, 5.74) is 1.17. The van der Waals surface area contributed by atoms with Gasteiger partial charge in [0.05, 0.1) is 6.04 Å². The third-order valence-corrected chi connectivity index (χ3v) is 4.72. The van der Waals surface area contributed by atoms with Gasteiger partial charge in [0.2, 0.25) is 5.91 Å². The molecule has 1 aromatic rings. The number of benzene rings is 1. The van der Waals surface area contributed by atoms with Gasteiger partial charge in [0.1, 0.15) is 0 Å². The number of carbonyl (C=O) groups excluding carboxylic acids is 1. The molecule has 2 bridgehead atoms. The lowest BCUT2D eigenvalue weighted by Gasteiger charge is -2.29. The lowest BCUT2D eigenvalue weighted by molar-refractivity contribution is -0.122. The molecular formula is C17H24N2O. The van der Waals surface area contributed by atoms with E-state index in [9.17, 15) is 4.79 Å². The van der Waals surface area contributed by atoms with Crippen LogP contribution >= 0.6 is 0 Å². The maximum absolute atomic E-state index is 12.2. The van der Waals surface area contributed by atoms with Crippen molar-refractivity contribution in [3.8, 4) is 0 Å². The number of fused-ring (bicyclic) bond motifs is 2. The van der Waals surface area contributed by atoms with Crippen molar-refractivity contribution in [3.63, 3.8) is 0 Å². The first-order valence-corrected chi connectivity index (χ1v) is 7.81. The summed E-state index contributed by atoms with van der Waals surface area (Å²) in [4.78, 5) is 12.2. The van der Waals surface area contributed by atoms with Crippen molar-refractivity contribution < 1.29 is 4.79 Å². The number of hydrogen-bond acceptors (Lipinski definition) is 2. The maximum Gasteiger partial charge on any atom is 0.220 e. The van der Waals surface area contributed by atoms with Crippen molar-refractivity contribution >= 4 is 5.91 Å². The molecule has 1 amide bonds. The van der Waals surface area contributed by atoms with E-state index in [2.05, 4.69) is 29.7 Å². The van der Waals surface area contributed by atoms with Gasteiger partial charge in [-0.15, -0.1) is 0 Å². The molecule has 0 aromatic heterocycles. The zero-order chi connectivity index (χ0) is 13.9. The third-order valence-electron chi connectivity index (χ3n) is 4.72. The van der Waals surface area contributed by atoms with Crippen molar-refractivity contribution in [2.75, 3.05) is 0 Å². The normalized spacial score (nSPS) is 29.9. The van der Waals surface area contributed by atoms with Gasteiger partial charge in [-0.25, -0.2) is 0 Å². The molecule has 108 valence electrons. The smallest absolute Gasteiger partial charge is 0.220 e. The van der Waals surface area contributed by atoms with Crippen LogP contribution < -0.4 is 10.6 Å². The third kappa shape index (κ3) is 3.21. The minimum absolute atomic E-state index is 0.0992. The van der Waals surface area contributed by atoms with Gasteiger partial charge >= 0.3 is 0 Å². The number of carbonyl (C=O) groups is 1. The summed E-state index contributed by atoms with van der Waals surface area (Å²) in [6.45, 7) is 2.05. The predicted molar refractivity (Wildman–Crippen MR) is 80.3 cm³/mol. The first kappa shape index (κ1) is 13.6. The molecule has 3 rings (SSSR count). The highest BCUT2D eigenvalue weighted by Gasteiger charge is 2.34. The molecule has 3 unspecified atom stereocenters. The average Bonchev–Trinajstić information content (AvgIpc) is 2.78. The minimum Gasteiger partial charge on any atom is -0.350 e. The monoisotopic (exact) mass is 272 g/mol. The van der Waals surface area contributed by atoms with Crippen LogP contribution in [0.3, 0.4) is 0 Å². The van der Waals surface area contributed by atoms with E-state index in [0.717, 1.165) is 0 Å². The van der Waals surface area contributed by atoms with Crippen molar-refractivity contribution in [2.45, 2.75) is 57.2 Å². The van der Waals surface area contributed by atoms with Gasteiger partial charge in [0, 0.05) is 18.5 Å². The zero-order valence-corrected chi connectivity index (χ0v) is 12.1. The summed E-state index contributed by atoms with van der Waals surface area (Å²) in [6, 6.07) is 11.6. The molecule has 0 radical (unpaired) electrons. The van der Waals surface area contributed by atoms with Gasteiger partial charge in [0.25, 0.3) is 0 Å². The van der Waals surface area contributed by atoms with Crippen molar-refractivity contribution in [1.82, 2.24) is 10.6 Å². The number of rotatable bonds is 4. The van der Waals surface area contributed by atoms with E-state index in [4.69, 9.17) is 0 Å². The molecule has 2 saturated heterocycles. The summed E-state index contributed by atoms with van der Waals surface area (Å²) >= 11 is 0. The van der Waals surface area contributed by atoms with Gasteiger partial charge < -0.3 is 10.6 Å². The van der Waals surface area contributed by atoms with Crippen LogP contribution in [0.1, 0.15) is 50.6 Å². The number of piperidine rings is 1. The van der Waals surface area contributed by atoms with E-state index in [1.165, 1.54) is 31.2 Å². The molecule has 2 fully saturated rings. The number of hydrogen-bond donors (Lipinski definition) is 2. The van der Waals surface area contributed by atoms with Crippen LogP contribution in [0.5, 0.6) is 0 Å². The van der Waals surface area contributed by atoms with Gasteiger partial charge in [0.15, 0.2) is 0 Å². The molecule has 3 nitrogen and oxygen atoms in total. The van der Waals surface area contributed by atoms with Crippen LogP contribution in [0.25, 0.3) is 0 Å². The van der Waals surface area contributed by atoms with E-state index in [0.29, 0.717) is 24.4 Å². The first-order chi connectivity index (χ1) is 9.70. The topological polar surface area (TPSA) is 41.1 Å². The second kappa shape index (κ2) is 5.96. The molecule has 2 heterocycles. The van der Waals surface area contributed by atoms with Crippen LogP contribution in [0.15, 0.2) is 30.3 Å². The Morgan fingerprint density at radius 2 is 1.90 bits per heavy atom. The fourth-order valence-electron chi connectivity index (χ4n) is 3.73. The summed E-state index contributed by atoms with van der Waals surface area (Å²) < 4.78 is 0. The lowest BCUT2D eigenvalue weighted by atomic mass is 9.89. The summed E-state index contributed by atoms with van der Waals surface area (Å²) in [6.07, 6.45) is 5.62. The van der Waals surface area contributed by atoms with Crippen molar-refractivity contribution in [1.29, 1.82) is 0 Å². The van der Waals surface area contributed by atoms with Gasteiger partial charge in [-0.05, 0) is 44.1 Å². The van der Waals surface area contributed by atoms with Gasteiger partial charge in [-0.1, -0.05) is 30.3 Å². The number of nitrogens with one attached hydrogen (secondary N) is 2. The maximum atomic E-state index is 12.2. The highest BCUT2D eigenvalue weighted by molar-refractivity contribution is 5.76. The van der Waals surface area contributed by atoms with Crippen molar-refractivity contribution in [2.24, 2.45) is 5.92 Å². The Morgan fingerprint density at radius 3 is 2.55 bits per heavy atom. The quantitative estimate of drug-likeness (QED) is 0.885. The highest BCUT2D eigenvalue weighted by Crippen LogP contribution is 2.32. The largest absolute Gasteiger partial charge is 0.350 e. The molecule has 0 spiro atoms. The molecule has 3 atom stereocenters. The molecule has 2 aliphatic rings. The summed E-state index contributed by atoms with van der Waals surface area (Å²) in [7, 11) is 0. The van der Waals surface area contributed by atoms with E-state index in [1.54, 1.807) is 0 Å². The molecule has 1 aromatic carbocycles. The fraction of sp³-hybridized carbons (Fsp3) is 0.588. The minimum atomic E-state index is 0.0992. The van der Waals surface area contributed by atoms with E-state index in [-0.39, 0.29) is 11.9 Å². The SMILES string of the molecule is CC(NC(=O)CC1CC2CCC(C1)N2)c1ccccc1. The summed E-state index contributed by atoms with van der Waals surface area (Å²) in [5.74, 6) is 0.768. The Kier molecular flexibility index (Phi) is 4.06. The van der Waals surface area contributed by atoms with E-state index < -0.39 is 0 Å². The predicted octanol–water partition coefficient (Wildman–Crippen LogP) is 2.78. The Hall–Kier alpha value is -1.35. The van der Waals surface area contributed by atoms with Crippen LogP contribution in [0.2, 0.25) is 0 Å². The number of amides is 1. The highest BCUT2D eigenvalue weighted by atomic mass is 16.1. The summed E-state index contributed by atoms with van der Waals surface area (Å²) in [5, 5.41) is 6.76. The standard InChI is InChI=1S/C17H24N2O/c1-12(14-5-3-2-4-6-14)18-17(20)11-13-9-15-7-8-16(10-13)19-15/h2-6,12-13,15-16,19H,7-11H2,1H3,(H,18,20). The second-order valence-corrected chi connectivity index (χ2v) is 6.38. The van der Waals surface area contributed by atoms with Crippen molar-refractivity contribution in [3.05, 3.63) is 35.9 Å². The van der Waals surface area contributed by atoms with Crippen LogP contribution in [0, 0.1) is 5.92 Å². The molecule has 0 aliphatic carbocycles. The van der Waals surface area contributed by atoms with Crippen LogP contribution in [0.4, 0.5) is 0 Å². The van der Waals surface area contributed by atoms with Crippen LogP contribution in [-0.2, 0) is 4.79 Å². The molecule has 20 heavy (non-hydrogen) atoms. The Labute approximate surface area is 121 Å². The molecular weight excluding hydrogens is 248 g/mol. The Balaban J connectivity index is 1.50. The molecule has 2 N–H and O–H groups in total. The van der Waals surface area contributed by atoms with Gasteiger partial charge in [-0.2, -0.15) is 0 Å². The average molecular weight is 272 g/mol. The van der Waals surface area contributed by atoms with E-state index >= 15 is 0 Å². The van der Waals surface area contributed by atoms with Crippen LogP contribution in [-0.4, -0.2) is 18.0 Å². The second-order valence-electron chi connectivity index (χ2n) is 6.38. The Morgan fingerprint density at radius 1 is 1.25 bits per heavy atom. The van der Waals surface area contributed by atoms with E-state index in [1.807, 2.05) is 18.2 Å². The molecule has 3 heteroatoms. The Bertz CT molecular complexity index is 447. The molecule has 0 saturated carbocycles. The zero-order valence-electron chi connectivity index (χ0n) is 12.1.